The molecule has 10 heavy (non-hydrogen) atoms. The van der Waals surface area contributed by atoms with Gasteiger partial charge in [0.1, 0.15) is 11.9 Å². The van der Waals surface area contributed by atoms with Crippen LogP contribution in [-0.2, 0) is 4.79 Å². The molecule has 1 atom stereocenters. The summed E-state index contributed by atoms with van der Waals surface area (Å²) in [5.74, 6) is -0.490. The first kappa shape index (κ1) is 7.02. The number of aliphatic hydroxyl groups is 2. The maximum atomic E-state index is 10.8. The Morgan fingerprint density at radius 2 is 2.20 bits per heavy atom. The monoisotopic (exact) mass is 140 g/mol. The van der Waals surface area contributed by atoms with Crippen LogP contribution in [0.4, 0.5) is 0 Å². The van der Waals surface area contributed by atoms with Crippen LogP contribution in [0.25, 0.3) is 0 Å². The molecular formula is C7H8O3. The standard InChI is InChI=1S/C7H8O3/c1-4-5(8)2-3-6(9)7(4)10/h2-3,6,8-9H,1H3. The van der Waals surface area contributed by atoms with Gasteiger partial charge in [0.05, 0.1) is 0 Å². The molecule has 3 nitrogen and oxygen atoms in total. The summed E-state index contributed by atoms with van der Waals surface area (Å²) in [5.41, 5.74) is 0.218. The van der Waals surface area contributed by atoms with Gasteiger partial charge in [-0.2, -0.15) is 0 Å². The minimum absolute atomic E-state index is 0.0599. The smallest absolute Gasteiger partial charge is 0.194 e. The Labute approximate surface area is 58.3 Å². The van der Waals surface area contributed by atoms with Crippen molar-refractivity contribution in [3.05, 3.63) is 23.5 Å². The first-order valence-corrected chi connectivity index (χ1v) is 2.93. The average molecular weight is 140 g/mol. The second kappa shape index (κ2) is 2.27. The molecule has 1 aliphatic rings. The highest BCUT2D eigenvalue weighted by atomic mass is 16.3. The average Bonchev–Trinajstić information content (AvgIpc) is 1.93. The van der Waals surface area contributed by atoms with E-state index in [9.17, 15) is 4.79 Å². The van der Waals surface area contributed by atoms with Gasteiger partial charge in [-0.1, -0.05) is 0 Å². The van der Waals surface area contributed by atoms with E-state index in [2.05, 4.69) is 0 Å². The van der Waals surface area contributed by atoms with Crippen LogP contribution in [-0.4, -0.2) is 22.1 Å². The number of Topliss-reactive ketones (excluding diaryl/α,β-unsaturated/α-hetero) is 1. The summed E-state index contributed by atoms with van der Waals surface area (Å²) in [6, 6.07) is 0. The van der Waals surface area contributed by atoms with Crippen molar-refractivity contribution in [1.29, 1.82) is 0 Å². The van der Waals surface area contributed by atoms with Gasteiger partial charge in [0, 0.05) is 5.57 Å². The van der Waals surface area contributed by atoms with Gasteiger partial charge < -0.3 is 10.2 Å². The Morgan fingerprint density at radius 3 is 2.70 bits per heavy atom. The molecule has 2 N–H and O–H groups in total. The van der Waals surface area contributed by atoms with Crippen LogP contribution in [0.1, 0.15) is 6.92 Å². The van der Waals surface area contributed by atoms with Gasteiger partial charge in [0.25, 0.3) is 0 Å². The summed E-state index contributed by atoms with van der Waals surface area (Å²) in [6.45, 7) is 1.48. The van der Waals surface area contributed by atoms with E-state index in [4.69, 9.17) is 10.2 Å². The Balaban J connectivity index is 3.00. The van der Waals surface area contributed by atoms with E-state index < -0.39 is 11.9 Å². The number of rotatable bonds is 0. The molecule has 0 aromatic heterocycles. The van der Waals surface area contributed by atoms with Gasteiger partial charge in [-0.3, -0.25) is 4.79 Å². The number of ketones is 1. The fourth-order valence-corrected chi connectivity index (χ4v) is 0.743. The lowest BCUT2D eigenvalue weighted by atomic mass is 10.0. The Morgan fingerprint density at radius 1 is 1.60 bits per heavy atom. The lowest BCUT2D eigenvalue weighted by Crippen LogP contribution is -2.22. The second-order valence-corrected chi connectivity index (χ2v) is 2.18. The predicted molar refractivity (Wildman–Crippen MR) is 35.5 cm³/mol. The zero-order chi connectivity index (χ0) is 7.72. The minimum atomic E-state index is -1.07. The summed E-state index contributed by atoms with van der Waals surface area (Å²) < 4.78 is 0. The molecule has 0 aromatic rings. The third-order valence-corrected chi connectivity index (χ3v) is 1.46. The second-order valence-electron chi connectivity index (χ2n) is 2.18. The Hall–Kier alpha value is -1.09. The molecule has 0 fully saturated rings. The summed E-state index contributed by atoms with van der Waals surface area (Å²) in [7, 11) is 0. The van der Waals surface area contributed by atoms with Crippen molar-refractivity contribution in [2.75, 3.05) is 0 Å². The number of carbonyl (C=O) groups is 1. The number of hydrogen-bond donors (Lipinski definition) is 2. The Bertz CT molecular complexity index is 225. The van der Waals surface area contributed by atoms with Crippen LogP contribution in [0.3, 0.4) is 0 Å². The highest BCUT2D eigenvalue weighted by molar-refractivity contribution is 6.01. The summed E-state index contributed by atoms with van der Waals surface area (Å²) in [6.07, 6.45) is 1.50. The highest BCUT2D eigenvalue weighted by Gasteiger charge is 2.19. The van der Waals surface area contributed by atoms with E-state index >= 15 is 0 Å². The largest absolute Gasteiger partial charge is 0.508 e. The quantitative estimate of drug-likeness (QED) is 0.509. The third kappa shape index (κ3) is 0.953. The van der Waals surface area contributed by atoms with Crippen LogP contribution >= 0.6 is 0 Å². The fraction of sp³-hybridized carbons (Fsp3) is 0.286. The topological polar surface area (TPSA) is 57.5 Å². The van der Waals surface area contributed by atoms with Crippen molar-refractivity contribution in [2.24, 2.45) is 0 Å². The molecule has 3 heteroatoms. The van der Waals surface area contributed by atoms with Crippen molar-refractivity contribution in [2.45, 2.75) is 13.0 Å². The van der Waals surface area contributed by atoms with Gasteiger partial charge in [0.2, 0.25) is 0 Å². The van der Waals surface area contributed by atoms with Crippen LogP contribution in [0.5, 0.6) is 0 Å². The maximum absolute atomic E-state index is 10.8. The molecule has 0 saturated carbocycles. The van der Waals surface area contributed by atoms with E-state index in [-0.39, 0.29) is 11.3 Å². The Kier molecular flexibility index (Phi) is 1.59. The normalized spacial score (nSPS) is 25.8. The summed E-state index contributed by atoms with van der Waals surface area (Å²) in [5, 5.41) is 17.8. The molecule has 0 amide bonds. The van der Waals surface area contributed by atoms with E-state index in [0.717, 1.165) is 0 Å². The van der Waals surface area contributed by atoms with Gasteiger partial charge in [-0.15, -0.1) is 0 Å². The zero-order valence-corrected chi connectivity index (χ0v) is 5.53. The van der Waals surface area contributed by atoms with Crippen LogP contribution < -0.4 is 0 Å². The molecular weight excluding hydrogens is 132 g/mol. The highest BCUT2D eigenvalue weighted by Crippen LogP contribution is 2.12. The van der Waals surface area contributed by atoms with Crippen molar-refractivity contribution >= 4 is 5.78 Å². The van der Waals surface area contributed by atoms with Crippen molar-refractivity contribution in [3.63, 3.8) is 0 Å². The number of hydrogen-bond acceptors (Lipinski definition) is 3. The van der Waals surface area contributed by atoms with E-state index in [1.807, 2.05) is 0 Å². The van der Waals surface area contributed by atoms with E-state index in [1.54, 1.807) is 0 Å². The summed E-state index contributed by atoms with van der Waals surface area (Å²) >= 11 is 0. The van der Waals surface area contributed by atoms with E-state index in [0.29, 0.717) is 0 Å². The lowest BCUT2D eigenvalue weighted by Gasteiger charge is -2.10. The molecule has 54 valence electrons. The lowest BCUT2D eigenvalue weighted by molar-refractivity contribution is -0.121. The van der Waals surface area contributed by atoms with Crippen LogP contribution in [0, 0.1) is 0 Å². The molecule has 0 spiro atoms. The fourth-order valence-electron chi connectivity index (χ4n) is 0.743. The first-order chi connectivity index (χ1) is 4.63. The number of aliphatic hydroxyl groups excluding tert-OH is 2. The molecule has 0 saturated heterocycles. The molecule has 0 aromatic carbocycles. The molecule has 1 unspecified atom stereocenters. The van der Waals surface area contributed by atoms with Crippen molar-refractivity contribution in [3.8, 4) is 0 Å². The van der Waals surface area contributed by atoms with Gasteiger partial charge >= 0.3 is 0 Å². The van der Waals surface area contributed by atoms with Gasteiger partial charge in [-0.25, -0.2) is 0 Å². The maximum Gasteiger partial charge on any atom is 0.194 e. The molecule has 0 radical (unpaired) electrons. The van der Waals surface area contributed by atoms with Gasteiger partial charge in [-0.05, 0) is 19.1 Å². The first-order valence-electron chi connectivity index (χ1n) is 2.93. The predicted octanol–water partition coefficient (Wildman–Crippen LogP) is 0.318. The zero-order valence-electron chi connectivity index (χ0n) is 5.53. The van der Waals surface area contributed by atoms with Crippen LogP contribution in [0.15, 0.2) is 23.5 Å². The third-order valence-electron chi connectivity index (χ3n) is 1.46. The van der Waals surface area contributed by atoms with Crippen LogP contribution in [0.2, 0.25) is 0 Å². The van der Waals surface area contributed by atoms with Crippen molar-refractivity contribution < 1.29 is 15.0 Å². The molecule has 0 aliphatic heterocycles. The molecule has 0 bridgehead atoms. The summed E-state index contributed by atoms with van der Waals surface area (Å²) in [4.78, 5) is 10.8. The van der Waals surface area contributed by atoms with E-state index in [1.165, 1.54) is 19.1 Å². The van der Waals surface area contributed by atoms with Crippen molar-refractivity contribution in [1.82, 2.24) is 0 Å². The minimum Gasteiger partial charge on any atom is -0.508 e. The number of carbonyl (C=O) groups excluding carboxylic acids is 1. The molecule has 1 rings (SSSR count). The molecule has 1 aliphatic carbocycles. The molecule has 0 heterocycles. The SMILES string of the molecule is CC1=C(O)C=CC(O)C1=O. The van der Waals surface area contributed by atoms with Gasteiger partial charge in [0.15, 0.2) is 5.78 Å². The number of allylic oxidation sites excluding steroid dienone is 1.